The Hall–Kier alpha value is -4.14. The molecular formula is C25H28N6O3. The number of amides is 2. The summed E-state index contributed by atoms with van der Waals surface area (Å²) in [6, 6.07) is 16.5. The van der Waals surface area contributed by atoms with Gasteiger partial charge in [-0.3, -0.25) is 9.59 Å². The molecule has 1 aliphatic heterocycles. The second-order valence-corrected chi connectivity index (χ2v) is 8.01. The lowest BCUT2D eigenvalue weighted by molar-refractivity contribution is -0.122. The first-order valence-corrected chi connectivity index (χ1v) is 11.2. The molecule has 1 unspecified atom stereocenters. The van der Waals surface area contributed by atoms with Gasteiger partial charge in [0.1, 0.15) is 23.2 Å². The highest BCUT2D eigenvalue weighted by Crippen LogP contribution is 2.29. The van der Waals surface area contributed by atoms with Gasteiger partial charge in [-0.05, 0) is 50.2 Å². The zero-order chi connectivity index (χ0) is 24.1. The lowest BCUT2D eigenvalue weighted by atomic mass is 10.1. The molecule has 176 valence electrons. The fraction of sp³-hybridized carbons (Fsp3) is 0.280. The number of carbonyl (C=O) groups is 2. The van der Waals surface area contributed by atoms with Crippen LogP contribution in [0.15, 0.2) is 54.6 Å². The van der Waals surface area contributed by atoms with Gasteiger partial charge in [-0.1, -0.05) is 6.07 Å². The summed E-state index contributed by atoms with van der Waals surface area (Å²) in [5, 5.41) is 9.35. The maximum absolute atomic E-state index is 12.8. The number of nitrogens with zero attached hydrogens (tertiary/aromatic N) is 3. The van der Waals surface area contributed by atoms with Crippen LogP contribution in [-0.4, -0.2) is 42.0 Å². The Labute approximate surface area is 198 Å². The smallest absolute Gasteiger partial charge is 0.229 e. The fourth-order valence-corrected chi connectivity index (χ4v) is 3.84. The summed E-state index contributed by atoms with van der Waals surface area (Å²) in [7, 11) is 1.58. The molecule has 2 aromatic carbocycles. The van der Waals surface area contributed by atoms with Gasteiger partial charge in [-0.15, -0.1) is 0 Å². The Kier molecular flexibility index (Phi) is 6.91. The molecule has 1 atom stereocenters. The summed E-state index contributed by atoms with van der Waals surface area (Å²) in [5.74, 6) is 2.09. The Morgan fingerprint density at radius 1 is 1.09 bits per heavy atom. The van der Waals surface area contributed by atoms with Crippen molar-refractivity contribution in [2.24, 2.45) is 5.92 Å². The van der Waals surface area contributed by atoms with Gasteiger partial charge in [-0.25, -0.2) is 9.97 Å². The van der Waals surface area contributed by atoms with E-state index in [0.717, 1.165) is 23.7 Å². The van der Waals surface area contributed by atoms with Gasteiger partial charge in [-0.2, -0.15) is 0 Å². The molecule has 0 saturated carbocycles. The molecule has 34 heavy (non-hydrogen) atoms. The van der Waals surface area contributed by atoms with Crippen LogP contribution in [0.25, 0.3) is 0 Å². The van der Waals surface area contributed by atoms with Crippen molar-refractivity contribution in [2.45, 2.75) is 20.3 Å². The Morgan fingerprint density at radius 3 is 2.56 bits per heavy atom. The Morgan fingerprint density at radius 2 is 1.82 bits per heavy atom. The third kappa shape index (κ3) is 5.43. The number of hydrogen-bond acceptors (Lipinski definition) is 7. The van der Waals surface area contributed by atoms with E-state index in [-0.39, 0.29) is 18.2 Å². The first-order chi connectivity index (χ1) is 16.4. The number of nitrogens with one attached hydrogen (secondary N) is 3. The summed E-state index contributed by atoms with van der Waals surface area (Å²) in [6.45, 7) is 4.95. The minimum Gasteiger partial charge on any atom is -0.497 e. The van der Waals surface area contributed by atoms with Crippen molar-refractivity contribution in [3.05, 3.63) is 60.4 Å². The first-order valence-electron chi connectivity index (χ1n) is 11.2. The molecule has 4 rings (SSSR count). The minimum absolute atomic E-state index is 0.0787. The van der Waals surface area contributed by atoms with E-state index in [4.69, 9.17) is 4.74 Å². The molecule has 9 heteroatoms. The van der Waals surface area contributed by atoms with Gasteiger partial charge < -0.3 is 25.6 Å². The highest BCUT2D eigenvalue weighted by Gasteiger charge is 2.35. The predicted octanol–water partition coefficient (Wildman–Crippen LogP) is 3.96. The molecule has 1 aliphatic rings. The second kappa shape index (κ2) is 10.2. The van der Waals surface area contributed by atoms with E-state index in [2.05, 4.69) is 25.9 Å². The number of carbonyl (C=O) groups excluding carboxylic acids is 2. The topological polar surface area (TPSA) is 108 Å². The Balaban J connectivity index is 1.37. The molecular weight excluding hydrogens is 432 g/mol. The van der Waals surface area contributed by atoms with Gasteiger partial charge in [0.2, 0.25) is 11.8 Å². The van der Waals surface area contributed by atoms with Crippen LogP contribution >= 0.6 is 0 Å². The summed E-state index contributed by atoms with van der Waals surface area (Å²) in [6.07, 6.45) is 0.171. The summed E-state index contributed by atoms with van der Waals surface area (Å²) in [4.78, 5) is 35.7. The lowest BCUT2D eigenvalue weighted by Crippen LogP contribution is -2.28. The highest BCUT2D eigenvalue weighted by molar-refractivity contribution is 6.03. The van der Waals surface area contributed by atoms with Crippen LogP contribution in [0.2, 0.25) is 0 Å². The van der Waals surface area contributed by atoms with Crippen molar-refractivity contribution in [1.29, 1.82) is 0 Å². The number of hydrogen-bond donors (Lipinski definition) is 3. The molecule has 0 bridgehead atoms. The third-order valence-electron chi connectivity index (χ3n) is 5.48. The summed E-state index contributed by atoms with van der Waals surface area (Å²) >= 11 is 0. The fourth-order valence-electron chi connectivity index (χ4n) is 3.84. The van der Waals surface area contributed by atoms with Crippen molar-refractivity contribution >= 4 is 40.5 Å². The van der Waals surface area contributed by atoms with Crippen molar-refractivity contribution in [3.8, 4) is 5.75 Å². The largest absolute Gasteiger partial charge is 0.497 e. The second-order valence-electron chi connectivity index (χ2n) is 8.01. The number of methoxy groups -OCH3 is 1. The first kappa shape index (κ1) is 23.0. The van der Waals surface area contributed by atoms with Gasteiger partial charge in [0.05, 0.1) is 13.0 Å². The van der Waals surface area contributed by atoms with Gasteiger partial charge in [0.25, 0.3) is 0 Å². The van der Waals surface area contributed by atoms with Crippen molar-refractivity contribution < 1.29 is 14.3 Å². The molecule has 1 fully saturated rings. The standard InChI is InChI=1S/C25H28N6O3/c1-4-26-22-14-23(28-16(2)27-22)29-18-8-10-19(11-9-18)30-25(33)17-12-24(32)31(15-17)20-6-5-7-21(13-20)34-3/h5-11,13-14,17H,4,12,15H2,1-3H3,(H,30,33)(H2,26,27,28,29). The normalized spacial score (nSPS) is 15.2. The molecule has 0 spiro atoms. The average molecular weight is 461 g/mol. The van der Waals surface area contributed by atoms with Gasteiger partial charge in [0.15, 0.2) is 0 Å². The number of aromatic nitrogens is 2. The Bertz CT molecular complexity index is 1180. The molecule has 3 aromatic rings. The molecule has 3 N–H and O–H groups in total. The molecule has 0 aliphatic carbocycles. The SMILES string of the molecule is CCNc1cc(Nc2ccc(NC(=O)C3CC(=O)N(c4cccc(OC)c4)C3)cc2)nc(C)n1. The van der Waals surface area contributed by atoms with Crippen LogP contribution in [0.4, 0.5) is 28.7 Å². The van der Waals surface area contributed by atoms with Crippen LogP contribution in [0.5, 0.6) is 5.75 Å². The van der Waals surface area contributed by atoms with Crippen LogP contribution in [0.1, 0.15) is 19.2 Å². The average Bonchev–Trinajstić information content (AvgIpc) is 3.22. The minimum atomic E-state index is -0.426. The van der Waals surface area contributed by atoms with Crippen LogP contribution < -0.4 is 25.6 Å². The van der Waals surface area contributed by atoms with Gasteiger partial charge >= 0.3 is 0 Å². The van der Waals surface area contributed by atoms with Crippen molar-refractivity contribution in [2.75, 3.05) is 41.0 Å². The van der Waals surface area contributed by atoms with Gasteiger partial charge in [0, 0.05) is 48.7 Å². The number of rotatable bonds is 8. The van der Waals surface area contributed by atoms with Crippen molar-refractivity contribution in [3.63, 3.8) is 0 Å². The van der Waals surface area contributed by atoms with Crippen LogP contribution in [0, 0.1) is 12.8 Å². The van der Waals surface area contributed by atoms with Crippen LogP contribution in [0.3, 0.4) is 0 Å². The van der Waals surface area contributed by atoms with E-state index in [1.807, 2.05) is 62.4 Å². The predicted molar refractivity (Wildman–Crippen MR) is 133 cm³/mol. The molecule has 2 heterocycles. The van der Waals surface area contributed by atoms with E-state index in [9.17, 15) is 9.59 Å². The van der Waals surface area contributed by atoms with E-state index in [1.165, 1.54) is 0 Å². The lowest BCUT2D eigenvalue weighted by Gasteiger charge is -2.17. The quantitative estimate of drug-likeness (QED) is 0.467. The number of anilines is 5. The highest BCUT2D eigenvalue weighted by atomic mass is 16.5. The molecule has 9 nitrogen and oxygen atoms in total. The molecule has 1 aromatic heterocycles. The number of aryl methyl sites for hydroxylation is 1. The van der Waals surface area contributed by atoms with E-state index >= 15 is 0 Å². The third-order valence-corrected chi connectivity index (χ3v) is 5.48. The van der Waals surface area contributed by atoms with E-state index in [1.54, 1.807) is 18.1 Å². The maximum Gasteiger partial charge on any atom is 0.229 e. The van der Waals surface area contributed by atoms with E-state index in [0.29, 0.717) is 29.6 Å². The molecule has 0 radical (unpaired) electrons. The summed E-state index contributed by atoms with van der Waals surface area (Å²) in [5.41, 5.74) is 2.22. The van der Waals surface area contributed by atoms with Crippen molar-refractivity contribution in [1.82, 2.24) is 9.97 Å². The summed E-state index contributed by atoms with van der Waals surface area (Å²) < 4.78 is 5.24. The van der Waals surface area contributed by atoms with E-state index < -0.39 is 5.92 Å². The maximum atomic E-state index is 12.8. The zero-order valence-corrected chi connectivity index (χ0v) is 19.5. The monoisotopic (exact) mass is 460 g/mol. The number of benzene rings is 2. The zero-order valence-electron chi connectivity index (χ0n) is 19.5. The molecule has 2 amide bonds. The molecule has 1 saturated heterocycles. The number of ether oxygens (including phenoxy) is 1. The van der Waals surface area contributed by atoms with Crippen LogP contribution in [-0.2, 0) is 9.59 Å².